The minimum absolute atomic E-state index is 0.187. The van der Waals surface area contributed by atoms with Crippen LogP contribution in [0.5, 0.6) is 0 Å². The Morgan fingerprint density at radius 1 is 0.396 bits per heavy atom. The number of imidazole rings is 3. The largest absolute Gasteiger partial charge is 0.385 e. The molecular formula is C75H93N15O6. The van der Waals surface area contributed by atoms with Gasteiger partial charge in [0, 0.05) is 135 Å². The predicted octanol–water partition coefficient (Wildman–Crippen LogP) is 12.0. The minimum atomic E-state index is -0.713. The Morgan fingerprint density at radius 2 is 0.969 bits per heavy atom. The normalized spacial score (nSPS) is 23.0. The standard InChI is InChI=1S/C9H12N2O.C9H12N2.C9H11NO.C9H11N.C8H12N2O.C8H8N2O.C8H12N2.C8H7NO.C7H8N2O/c1-9(12)4-2-3-8-7(9)5-10-6-11-8;1-7-3-2-4-9-8(7)5-10-6-11-9;1-9(11)4-2-7-3-5-10-6-8(7)9;1-7-2-3-8-4-5-10-6-9(7)8;1-8(11)3-2-4-10-6-9-5-7(8)10;11-8-3-1-2-7-6(8)4-9-5-10-7;1-7-3-2-4-10-6-9-5-8(7)10;10-8-2-1-6-3-4-9-5-7(6)8;10-7-2-1-3-9-5-8-4-6(7)9/h5-6,12H,2-4H2,1H3;5-7H,2-4H2,1H3;3,5-6,11H,2,4H2,1H3;4-7H,2-3H2,1H3;5-6,11H,2-4H2,1H3;4-5H,1-3H2;5-7H,2-4H2,1H3;3-5H,1-2H2;4-5H,1-3H2. The van der Waals surface area contributed by atoms with Crippen molar-refractivity contribution >= 4 is 17.3 Å². The van der Waals surface area contributed by atoms with E-state index in [4.69, 9.17) is 0 Å². The highest BCUT2D eigenvalue weighted by Gasteiger charge is 2.33. The average molecular weight is 1300 g/mol. The second-order valence-electron chi connectivity index (χ2n) is 27.1. The van der Waals surface area contributed by atoms with Crippen molar-refractivity contribution in [3.8, 4) is 0 Å². The molecule has 12 heterocycles. The molecule has 9 aromatic rings. The topological polar surface area (TPSA) is 281 Å². The lowest BCUT2D eigenvalue weighted by Crippen LogP contribution is -2.29. The summed E-state index contributed by atoms with van der Waals surface area (Å²) in [4.78, 5) is 81.5. The average Bonchev–Trinajstić information content (AvgIpc) is 1.37. The summed E-state index contributed by atoms with van der Waals surface area (Å²) < 4.78 is 6.18. The van der Waals surface area contributed by atoms with E-state index in [9.17, 15) is 29.7 Å². The molecule has 6 atom stereocenters. The van der Waals surface area contributed by atoms with Crippen molar-refractivity contribution < 1.29 is 29.7 Å². The molecule has 0 aromatic carbocycles. The van der Waals surface area contributed by atoms with Crippen molar-refractivity contribution in [2.45, 2.75) is 231 Å². The molecule has 21 heteroatoms. The zero-order valence-corrected chi connectivity index (χ0v) is 56.6. The number of rotatable bonds is 0. The first-order valence-electron chi connectivity index (χ1n) is 34.3. The van der Waals surface area contributed by atoms with Crippen LogP contribution in [0.1, 0.15) is 254 Å². The van der Waals surface area contributed by atoms with E-state index in [0.29, 0.717) is 25.2 Å². The van der Waals surface area contributed by atoms with Crippen molar-refractivity contribution in [2.24, 2.45) is 0 Å². The first kappa shape index (κ1) is 70.0. The van der Waals surface area contributed by atoms with Crippen LogP contribution >= 0.6 is 0 Å². The molecule has 0 saturated heterocycles. The molecule has 21 nitrogen and oxygen atoms in total. The van der Waals surface area contributed by atoms with Crippen molar-refractivity contribution in [1.29, 1.82) is 0 Å². The van der Waals surface area contributed by atoms with Gasteiger partial charge in [0.25, 0.3) is 0 Å². The number of carbonyl (C=O) groups is 3. The van der Waals surface area contributed by atoms with Gasteiger partial charge >= 0.3 is 0 Å². The molecular weight excluding hydrogens is 1210 g/mol. The van der Waals surface area contributed by atoms with E-state index < -0.39 is 16.8 Å². The third kappa shape index (κ3) is 18.0. The predicted molar refractivity (Wildman–Crippen MR) is 364 cm³/mol. The maximum Gasteiger partial charge on any atom is 0.180 e. The van der Waals surface area contributed by atoms with E-state index in [0.717, 1.165) is 153 Å². The van der Waals surface area contributed by atoms with Gasteiger partial charge in [0.2, 0.25) is 0 Å². The molecule has 0 saturated carbocycles. The monoisotopic (exact) mass is 1300 g/mol. The van der Waals surface area contributed by atoms with Crippen LogP contribution in [0.2, 0.25) is 0 Å². The molecule has 504 valence electrons. The number of pyridine rings is 3. The zero-order chi connectivity index (χ0) is 67.7. The minimum Gasteiger partial charge on any atom is -0.385 e. The number of aromatic nitrogens is 15. The highest BCUT2D eigenvalue weighted by atomic mass is 16.3. The summed E-state index contributed by atoms with van der Waals surface area (Å²) in [5, 5.41) is 29.6. The van der Waals surface area contributed by atoms with Gasteiger partial charge in [-0.1, -0.05) is 20.8 Å². The highest BCUT2D eigenvalue weighted by molar-refractivity contribution is 6.00. The fourth-order valence-corrected chi connectivity index (χ4v) is 13.9. The van der Waals surface area contributed by atoms with E-state index >= 15 is 0 Å². The molecule has 6 aliphatic carbocycles. The van der Waals surface area contributed by atoms with Crippen LogP contribution in [0.3, 0.4) is 0 Å². The molecule has 0 radical (unpaired) electrons. The second kappa shape index (κ2) is 32.8. The number of hydrogen-bond donors (Lipinski definition) is 3. The first-order chi connectivity index (χ1) is 46.4. The Labute approximate surface area is 563 Å². The van der Waals surface area contributed by atoms with Crippen molar-refractivity contribution in [1.82, 2.24) is 73.5 Å². The van der Waals surface area contributed by atoms with Gasteiger partial charge in [-0.2, -0.15) is 0 Å². The van der Waals surface area contributed by atoms with E-state index in [1.807, 2.05) is 73.2 Å². The summed E-state index contributed by atoms with van der Waals surface area (Å²) in [6.07, 6.45) is 52.7. The number of Topliss-reactive ketones (excluding diaryl/α,β-unsaturated/α-hetero) is 3. The summed E-state index contributed by atoms with van der Waals surface area (Å²) in [6, 6.07) is 6.04. The van der Waals surface area contributed by atoms with Gasteiger partial charge in [-0.25, -0.2) is 44.9 Å². The van der Waals surface area contributed by atoms with Crippen LogP contribution in [0.25, 0.3) is 0 Å². The zero-order valence-electron chi connectivity index (χ0n) is 56.6. The molecule has 0 amide bonds. The molecule has 96 heavy (non-hydrogen) atoms. The van der Waals surface area contributed by atoms with E-state index in [-0.39, 0.29) is 17.3 Å². The maximum atomic E-state index is 11.2. The molecule has 6 unspecified atom stereocenters. The number of carbonyl (C=O) groups excluding carboxylic acids is 3. The maximum absolute atomic E-state index is 11.2. The Hall–Kier alpha value is -8.79. The Morgan fingerprint density at radius 3 is 1.71 bits per heavy atom. The number of hydrogen-bond acceptors (Lipinski definition) is 18. The highest BCUT2D eigenvalue weighted by Crippen LogP contribution is 2.37. The number of fused-ring (bicyclic) bond motifs is 9. The van der Waals surface area contributed by atoms with Gasteiger partial charge < -0.3 is 29.0 Å². The summed E-state index contributed by atoms with van der Waals surface area (Å²) in [6.45, 7) is 15.4. The van der Waals surface area contributed by atoms with E-state index in [2.05, 4.69) is 91.2 Å². The fourth-order valence-electron chi connectivity index (χ4n) is 13.9. The van der Waals surface area contributed by atoms with Gasteiger partial charge in [-0.15, -0.1) is 0 Å². The lowest BCUT2D eigenvalue weighted by atomic mass is 9.84. The molecule has 0 fully saturated rings. The smallest absolute Gasteiger partial charge is 0.180 e. The summed E-state index contributed by atoms with van der Waals surface area (Å²) in [5.41, 5.74) is 14.5. The number of aliphatic hydroxyl groups is 3. The molecule has 3 N–H and O–H groups in total. The van der Waals surface area contributed by atoms with Crippen LogP contribution in [-0.4, -0.2) is 106 Å². The van der Waals surface area contributed by atoms with Gasteiger partial charge in [-0.05, 0) is 200 Å². The van der Waals surface area contributed by atoms with Gasteiger partial charge in [0.15, 0.2) is 17.3 Å². The van der Waals surface area contributed by atoms with Gasteiger partial charge in [0.05, 0.1) is 59.5 Å². The quantitative estimate of drug-likeness (QED) is 0.127. The van der Waals surface area contributed by atoms with Crippen LogP contribution in [0, 0.1) is 0 Å². The second-order valence-corrected chi connectivity index (χ2v) is 27.1. The summed E-state index contributed by atoms with van der Waals surface area (Å²) in [5.74, 6) is 2.78. The van der Waals surface area contributed by atoms with Crippen LogP contribution < -0.4 is 0 Å². The Bertz CT molecular complexity index is 4030. The van der Waals surface area contributed by atoms with E-state index in [1.54, 1.807) is 74.9 Å². The first-order valence-corrected chi connectivity index (χ1v) is 34.3. The molecule has 3 aliphatic heterocycles. The van der Waals surface area contributed by atoms with Crippen LogP contribution in [0.15, 0.2) is 131 Å². The SMILES string of the molecule is CC1(O)CCCc2ncncc21.CC1(O)CCCn2cncc21.CC1(O)CCc2ccncc21.CC1CCCc2ncncc21.CC1CCCn2cncc21.CC1CCc2ccncc21.O=C1CCCc2ncncc21.O=C1CCCn2cncc21.O=C1CCc2ccncc21. The lowest BCUT2D eigenvalue weighted by Gasteiger charge is -2.29. The third-order valence-electron chi connectivity index (χ3n) is 19.7. The summed E-state index contributed by atoms with van der Waals surface area (Å²) in [7, 11) is 0. The van der Waals surface area contributed by atoms with Crippen molar-refractivity contribution in [3.63, 3.8) is 0 Å². The molecule has 0 bridgehead atoms. The third-order valence-corrected chi connectivity index (χ3v) is 19.7. The summed E-state index contributed by atoms with van der Waals surface area (Å²) >= 11 is 0. The Kier molecular flexibility index (Phi) is 23.9. The molecule has 9 aromatic heterocycles. The van der Waals surface area contributed by atoms with E-state index in [1.165, 1.54) is 85.0 Å². The number of aryl methyl sites for hydroxylation is 9. The van der Waals surface area contributed by atoms with Gasteiger partial charge in [-0.3, -0.25) is 29.3 Å². The lowest BCUT2D eigenvalue weighted by molar-refractivity contribution is 0.0246. The van der Waals surface area contributed by atoms with Gasteiger partial charge in [0.1, 0.15) is 30.3 Å². The van der Waals surface area contributed by atoms with Crippen molar-refractivity contribution in [2.75, 3.05) is 0 Å². The fraction of sp³-hybridized carbons (Fsp3) is 0.480. The van der Waals surface area contributed by atoms with Crippen LogP contribution in [-0.2, 0) is 75.0 Å². The van der Waals surface area contributed by atoms with Crippen LogP contribution in [0.4, 0.5) is 0 Å². The number of ketones is 3. The molecule has 18 rings (SSSR count). The van der Waals surface area contributed by atoms with Crippen molar-refractivity contribution in [3.05, 3.63) is 215 Å². The Balaban J connectivity index is 0.000000118. The molecule has 9 aliphatic rings. The number of nitrogens with zero attached hydrogens (tertiary/aromatic N) is 15. The molecule has 0 spiro atoms.